The summed E-state index contributed by atoms with van der Waals surface area (Å²) >= 11 is 0. The number of nitrogens with one attached hydrogen (secondary N) is 2. The molecule has 0 bridgehead atoms. The van der Waals surface area contributed by atoms with Crippen LogP contribution in [0.5, 0.6) is 5.75 Å². The quantitative estimate of drug-likeness (QED) is 0.609. The first-order valence-corrected chi connectivity index (χ1v) is 5.00. The van der Waals surface area contributed by atoms with Gasteiger partial charge in [0, 0.05) is 18.7 Å². The summed E-state index contributed by atoms with van der Waals surface area (Å²) in [6.45, 7) is 1.08. The number of carbonyl (C=O) groups excluding carboxylic acids is 2. The first-order chi connectivity index (χ1) is 8.40. The zero-order valence-electron chi connectivity index (χ0n) is 9.56. The van der Waals surface area contributed by atoms with Crippen molar-refractivity contribution in [3.63, 3.8) is 0 Å². The number of aromatic hydroxyl groups is 1. The molecular weight excluding hydrogens is 240 g/mol. The molecule has 7 nitrogen and oxygen atoms in total. The molecule has 1 aromatic carbocycles. The van der Waals surface area contributed by atoms with Crippen molar-refractivity contribution in [3.8, 4) is 5.75 Å². The largest absolute Gasteiger partial charge is 0.507 e. The minimum Gasteiger partial charge on any atom is -0.507 e. The van der Waals surface area contributed by atoms with Crippen LogP contribution in [0.4, 0.5) is 5.69 Å². The van der Waals surface area contributed by atoms with E-state index < -0.39 is 17.6 Å². The van der Waals surface area contributed by atoms with Crippen LogP contribution in [0, 0.1) is 0 Å². The van der Waals surface area contributed by atoms with E-state index in [1.54, 1.807) is 0 Å². The molecule has 1 aromatic rings. The van der Waals surface area contributed by atoms with Crippen LogP contribution in [0.15, 0.2) is 18.2 Å². The first-order valence-electron chi connectivity index (χ1n) is 5.00. The maximum atomic E-state index is 11.3. The maximum absolute atomic E-state index is 11.3. The second-order valence-electron chi connectivity index (χ2n) is 3.49. The predicted molar refractivity (Wildman–Crippen MR) is 62.4 cm³/mol. The van der Waals surface area contributed by atoms with Crippen molar-refractivity contribution in [2.24, 2.45) is 0 Å². The van der Waals surface area contributed by atoms with Crippen molar-refractivity contribution in [2.75, 3.05) is 11.9 Å². The van der Waals surface area contributed by atoms with E-state index in [4.69, 9.17) is 5.11 Å². The lowest BCUT2D eigenvalue weighted by Gasteiger charge is -2.07. The monoisotopic (exact) mass is 252 g/mol. The highest BCUT2D eigenvalue weighted by atomic mass is 16.4. The number of hydrogen-bond acceptors (Lipinski definition) is 4. The highest BCUT2D eigenvalue weighted by molar-refractivity contribution is 5.96. The van der Waals surface area contributed by atoms with Crippen LogP contribution in [0.1, 0.15) is 17.3 Å². The Labute approximate surface area is 102 Å². The first kappa shape index (κ1) is 13.5. The zero-order chi connectivity index (χ0) is 13.7. The van der Waals surface area contributed by atoms with Gasteiger partial charge in [0.15, 0.2) is 0 Å². The third-order valence-electron chi connectivity index (χ3n) is 2.01. The van der Waals surface area contributed by atoms with Gasteiger partial charge in [-0.3, -0.25) is 9.59 Å². The zero-order valence-corrected chi connectivity index (χ0v) is 9.56. The van der Waals surface area contributed by atoms with Crippen molar-refractivity contribution in [2.45, 2.75) is 6.92 Å². The lowest BCUT2D eigenvalue weighted by atomic mass is 10.2. The fourth-order valence-electron chi connectivity index (χ4n) is 1.20. The molecule has 0 atom stereocenters. The standard InChI is InChI=1S/C11H12N2O5/c1-6(14)12-5-10(16)13-7-2-3-8(11(17)18)9(15)4-7/h2-4,15H,5H2,1H3,(H,12,14)(H,13,16)(H,17,18). The topological polar surface area (TPSA) is 116 Å². The Kier molecular flexibility index (Phi) is 4.25. The molecule has 4 N–H and O–H groups in total. The molecule has 0 aromatic heterocycles. The van der Waals surface area contributed by atoms with Gasteiger partial charge in [-0.05, 0) is 12.1 Å². The summed E-state index contributed by atoms with van der Waals surface area (Å²) in [6.07, 6.45) is 0. The predicted octanol–water partition coefficient (Wildman–Crippen LogP) is 0.165. The fourth-order valence-corrected chi connectivity index (χ4v) is 1.20. The number of phenols is 1. The summed E-state index contributed by atoms with van der Waals surface area (Å²) in [7, 11) is 0. The van der Waals surface area contributed by atoms with Crippen LogP contribution in [-0.4, -0.2) is 34.5 Å². The third-order valence-corrected chi connectivity index (χ3v) is 2.01. The number of benzene rings is 1. The van der Waals surface area contributed by atoms with Crippen LogP contribution in [-0.2, 0) is 9.59 Å². The van der Waals surface area contributed by atoms with Crippen molar-refractivity contribution in [1.29, 1.82) is 0 Å². The molecule has 0 unspecified atom stereocenters. The number of amides is 2. The van der Waals surface area contributed by atoms with E-state index in [0.29, 0.717) is 0 Å². The molecule has 0 radical (unpaired) electrons. The van der Waals surface area contributed by atoms with Gasteiger partial charge in [0.2, 0.25) is 11.8 Å². The van der Waals surface area contributed by atoms with E-state index in [2.05, 4.69) is 10.6 Å². The minimum absolute atomic E-state index is 0.198. The molecule has 2 amide bonds. The molecule has 0 aliphatic carbocycles. The number of carbonyl (C=O) groups is 3. The molecule has 0 fully saturated rings. The van der Waals surface area contributed by atoms with Crippen LogP contribution in [0.25, 0.3) is 0 Å². The smallest absolute Gasteiger partial charge is 0.339 e. The summed E-state index contributed by atoms with van der Waals surface area (Å²) in [5.41, 5.74) is -0.0114. The Balaban J connectivity index is 2.69. The van der Waals surface area contributed by atoms with Crippen LogP contribution >= 0.6 is 0 Å². The van der Waals surface area contributed by atoms with Gasteiger partial charge in [0.1, 0.15) is 11.3 Å². The minimum atomic E-state index is -1.26. The summed E-state index contributed by atoms with van der Waals surface area (Å²) in [5, 5.41) is 22.8. The highest BCUT2D eigenvalue weighted by Crippen LogP contribution is 2.21. The Bertz CT molecular complexity index is 498. The number of carboxylic acids is 1. The van der Waals surface area contributed by atoms with Crippen LogP contribution in [0.3, 0.4) is 0 Å². The van der Waals surface area contributed by atoms with Crippen LogP contribution in [0.2, 0.25) is 0 Å². The average Bonchev–Trinajstić information content (AvgIpc) is 2.26. The van der Waals surface area contributed by atoms with Gasteiger partial charge in [-0.2, -0.15) is 0 Å². The van der Waals surface area contributed by atoms with E-state index in [1.807, 2.05) is 0 Å². The van der Waals surface area contributed by atoms with Gasteiger partial charge in [-0.1, -0.05) is 0 Å². The molecule has 96 valence electrons. The molecule has 1 rings (SSSR count). The fraction of sp³-hybridized carbons (Fsp3) is 0.182. The molecule has 0 heterocycles. The van der Waals surface area contributed by atoms with E-state index in [0.717, 1.165) is 6.07 Å². The summed E-state index contributed by atoms with van der Waals surface area (Å²) in [4.78, 5) is 32.5. The third kappa shape index (κ3) is 3.78. The highest BCUT2D eigenvalue weighted by Gasteiger charge is 2.10. The Morgan fingerprint density at radius 3 is 2.44 bits per heavy atom. The van der Waals surface area contributed by atoms with Gasteiger partial charge in [-0.15, -0.1) is 0 Å². The molecule has 0 aliphatic heterocycles. The van der Waals surface area contributed by atoms with Crippen molar-refractivity contribution < 1.29 is 24.6 Å². The number of hydrogen-bond donors (Lipinski definition) is 4. The Morgan fingerprint density at radius 1 is 1.28 bits per heavy atom. The van der Waals surface area contributed by atoms with E-state index in [1.165, 1.54) is 19.1 Å². The van der Waals surface area contributed by atoms with Gasteiger partial charge < -0.3 is 20.8 Å². The van der Waals surface area contributed by atoms with E-state index in [9.17, 15) is 19.5 Å². The van der Waals surface area contributed by atoms with Crippen LogP contribution < -0.4 is 10.6 Å². The average molecular weight is 252 g/mol. The molecule has 0 spiro atoms. The van der Waals surface area contributed by atoms with Gasteiger partial charge in [0.25, 0.3) is 0 Å². The lowest BCUT2D eigenvalue weighted by Crippen LogP contribution is -2.31. The number of rotatable bonds is 4. The Hall–Kier alpha value is -2.57. The molecular formula is C11H12N2O5. The molecule has 18 heavy (non-hydrogen) atoms. The SMILES string of the molecule is CC(=O)NCC(=O)Nc1ccc(C(=O)O)c(O)c1. The van der Waals surface area contributed by atoms with Crippen molar-refractivity contribution in [1.82, 2.24) is 5.32 Å². The molecule has 0 aliphatic rings. The summed E-state index contributed by atoms with van der Waals surface area (Å²) in [5.74, 6) is -2.52. The molecule has 0 saturated heterocycles. The maximum Gasteiger partial charge on any atom is 0.339 e. The normalized spacial score (nSPS) is 9.61. The second kappa shape index (κ2) is 5.67. The molecule has 7 heteroatoms. The van der Waals surface area contributed by atoms with Crippen molar-refractivity contribution >= 4 is 23.5 Å². The Morgan fingerprint density at radius 2 is 1.94 bits per heavy atom. The molecule has 0 saturated carbocycles. The summed E-state index contributed by atoms with van der Waals surface area (Å²) in [6, 6.07) is 3.63. The summed E-state index contributed by atoms with van der Waals surface area (Å²) < 4.78 is 0. The van der Waals surface area contributed by atoms with Gasteiger partial charge >= 0.3 is 5.97 Å². The van der Waals surface area contributed by atoms with E-state index in [-0.39, 0.29) is 23.7 Å². The van der Waals surface area contributed by atoms with Gasteiger partial charge in [-0.25, -0.2) is 4.79 Å². The van der Waals surface area contributed by atoms with Gasteiger partial charge in [0.05, 0.1) is 6.54 Å². The number of carboxylic acid groups (broad SMARTS) is 1. The van der Waals surface area contributed by atoms with Crippen molar-refractivity contribution in [3.05, 3.63) is 23.8 Å². The lowest BCUT2D eigenvalue weighted by molar-refractivity contribution is -0.122. The number of aromatic carboxylic acids is 1. The number of anilines is 1. The van der Waals surface area contributed by atoms with E-state index >= 15 is 0 Å². The second-order valence-corrected chi connectivity index (χ2v) is 3.49.